The van der Waals surface area contributed by atoms with Gasteiger partial charge in [-0.05, 0) is 48.1 Å². The quantitative estimate of drug-likeness (QED) is 0.920. The lowest BCUT2D eigenvalue weighted by molar-refractivity contribution is 0.497. The zero-order valence-electron chi connectivity index (χ0n) is 11.1. The molecule has 0 aliphatic heterocycles. The summed E-state index contributed by atoms with van der Waals surface area (Å²) in [5.74, 6) is 0. The van der Waals surface area contributed by atoms with Gasteiger partial charge in [0.25, 0.3) is 0 Å². The first-order chi connectivity index (χ1) is 8.50. The first-order valence-corrected chi connectivity index (χ1v) is 7.65. The van der Waals surface area contributed by atoms with E-state index < -0.39 is 0 Å². The average Bonchev–Trinajstić information content (AvgIpc) is 2.87. The molecule has 0 saturated heterocycles. The van der Waals surface area contributed by atoms with Crippen LogP contribution in [0.2, 0.25) is 0 Å². The first kappa shape index (κ1) is 13.8. The molecule has 0 spiro atoms. The Kier molecular flexibility index (Phi) is 4.25. The van der Waals surface area contributed by atoms with Crippen LogP contribution in [0.4, 0.5) is 0 Å². The monoisotopic (exact) mass is 327 g/mol. The van der Waals surface area contributed by atoms with E-state index in [2.05, 4.69) is 58.6 Å². The highest BCUT2D eigenvalue weighted by atomic mass is 79.9. The van der Waals surface area contributed by atoms with Crippen molar-refractivity contribution < 1.29 is 0 Å². The maximum Gasteiger partial charge on any atom is 0.0540 e. The zero-order valence-corrected chi connectivity index (χ0v) is 13.5. The molecule has 2 aromatic heterocycles. The minimum atomic E-state index is 0.294. The third-order valence-corrected chi connectivity index (χ3v) is 5.33. The Labute approximate surface area is 120 Å². The van der Waals surface area contributed by atoms with Crippen molar-refractivity contribution in [3.8, 4) is 0 Å². The van der Waals surface area contributed by atoms with Crippen molar-refractivity contribution >= 4 is 27.3 Å². The fraction of sp³-hybridized carbons (Fsp3) is 0.462. The number of nitrogens with zero attached hydrogens (tertiary/aromatic N) is 2. The molecule has 0 radical (unpaired) electrons. The van der Waals surface area contributed by atoms with E-state index in [1.807, 2.05) is 17.9 Å². The van der Waals surface area contributed by atoms with E-state index in [0.29, 0.717) is 12.1 Å². The van der Waals surface area contributed by atoms with Crippen LogP contribution < -0.4 is 5.32 Å². The standard InChI is InChI=1S/C13H18BrN3S/c1-8(11-7-15-17(4)10(11)3)16-9(2)13-12(14)5-6-18-13/h5-9,16H,1-4H3. The summed E-state index contributed by atoms with van der Waals surface area (Å²) < 4.78 is 3.10. The number of thiophene rings is 1. The number of rotatable bonds is 4. The molecule has 0 bridgehead atoms. The number of halogens is 1. The Hall–Kier alpha value is -0.650. The molecule has 2 atom stereocenters. The van der Waals surface area contributed by atoms with Crippen LogP contribution in [-0.4, -0.2) is 9.78 Å². The van der Waals surface area contributed by atoms with Crippen LogP contribution in [-0.2, 0) is 7.05 Å². The van der Waals surface area contributed by atoms with E-state index in [-0.39, 0.29) is 0 Å². The van der Waals surface area contributed by atoms with E-state index in [1.165, 1.54) is 20.6 Å². The number of nitrogens with one attached hydrogen (secondary N) is 1. The van der Waals surface area contributed by atoms with Crippen LogP contribution in [0.5, 0.6) is 0 Å². The second-order valence-corrected chi connectivity index (χ2v) is 6.35. The van der Waals surface area contributed by atoms with Gasteiger partial charge in [-0.3, -0.25) is 4.68 Å². The van der Waals surface area contributed by atoms with Gasteiger partial charge in [0, 0.05) is 39.7 Å². The summed E-state index contributed by atoms with van der Waals surface area (Å²) in [6.45, 7) is 6.48. The molecule has 2 heterocycles. The van der Waals surface area contributed by atoms with Crippen LogP contribution in [0.1, 0.15) is 42.1 Å². The van der Waals surface area contributed by atoms with Gasteiger partial charge in [-0.25, -0.2) is 0 Å². The van der Waals surface area contributed by atoms with E-state index in [4.69, 9.17) is 0 Å². The lowest BCUT2D eigenvalue weighted by Crippen LogP contribution is -2.22. The van der Waals surface area contributed by atoms with Gasteiger partial charge in [-0.15, -0.1) is 11.3 Å². The molecule has 2 rings (SSSR count). The molecule has 0 fully saturated rings. The molecular formula is C13H18BrN3S. The second kappa shape index (κ2) is 5.55. The summed E-state index contributed by atoms with van der Waals surface area (Å²) in [6, 6.07) is 2.72. The lowest BCUT2D eigenvalue weighted by Gasteiger charge is -2.19. The van der Waals surface area contributed by atoms with Crippen molar-refractivity contribution in [1.82, 2.24) is 15.1 Å². The summed E-state index contributed by atoms with van der Waals surface area (Å²) in [6.07, 6.45) is 1.95. The summed E-state index contributed by atoms with van der Waals surface area (Å²) in [5.41, 5.74) is 2.48. The summed E-state index contributed by atoms with van der Waals surface area (Å²) >= 11 is 5.36. The summed E-state index contributed by atoms with van der Waals surface area (Å²) in [5, 5.41) is 10.0. The van der Waals surface area contributed by atoms with Crippen LogP contribution in [0.15, 0.2) is 22.1 Å². The van der Waals surface area contributed by atoms with Crippen LogP contribution in [0.3, 0.4) is 0 Å². The molecule has 0 aliphatic rings. The van der Waals surface area contributed by atoms with Gasteiger partial charge >= 0.3 is 0 Å². The molecule has 2 unspecified atom stereocenters. The number of aromatic nitrogens is 2. The largest absolute Gasteiger partial charge is 0.303 e. The van der Waals surface area contributed by atoms with Crippen molar-refractivity contribution in [2.24, 2.45) is 7.05 Å². The maximum atomic E-state index is 4.29. The van der Waals surface area contributed by atoms with Crippen molar-refractivity contribution in [2.75, 3.05) is 0 Å². The number of hydrogen-bond acceptors (Lipinski definition) is 3. The van der Waals surface area contributed by atoms with Gasteiger partial charge < -0.3 is 5.32 Å². The molecule has 0 amide bonds. The van der Waals surface area contributed by atoms with E-state index in [1.54, 1.807) is 11.3 Å². The fourth-order valence-electron chi connectivity index (χ4n) is 2.10. The number of hydrogen-bond donors (Lipinski definition) is 1. The van der Waals surface area contributed by atoms with Crippen molar-refractivity contribution in [2.45, 2.75) is 32.9 Å². The summed E-state index contributed by atoms with van der Waals surface area (Å²) in [7, 11) is 1.98. The molecule has 0 aromatic carbocycles. The SMILES string of the molecule is Cc1c(C(C)NC(C)c2sccc2Br)cnn1C. The van der Waals surface area contributed by atoms with E-state index in [9.17, 15) is 0 Å². The highest BCUT2D eigenvalue weighted by Crippen LogP contribution is 2.30. The smallest absolute Gasteiger partial charge is 0.0540 e. The van der Waals surface area contributed by atoms with Crippen molar-refractivity contribution in [3.05, 3.63) is 38.3 Å². The molecule has 5 heteroatoms. The zero-order chi connectivity index (χ0) is 13.3. The molecule has 0 saturated carbocycles. The minimum Gasteiger partial charge on any atom is -0.303 e. The van der Waals surface area contributed by atoms with E-state index in [0.717, 1.165) is 0 Å². The second-order valence-electron chi connectivity index (χ2n) is 4.55. The van der Waals surface area contributed by atoms with Crippen LogP contribution in [0.25, 0.3) is 0 Å². The van der Waals surface area contributed by atoms with Gasteiger partial charge in [0.2, 0.25) is 0 Å². The predicted molar refractivity (Wildman–Crippen MR) is 79.9 cm³/mol. The Morgan fingerprint density at radius 1 is 1.39 bits per heavy atom. The Morgan fingerprint density at radius 2 is 2.11 bits per heavy atom. The Bertz CT molecular complexity index is 532. The van der Waals surface area contributed by atoms with Gasteiger partial charge in [0.1, 0.15) is 0 Å². The van der Waals surface area contributed by atoms with Gasteiger partial charge in [-0.2, -0.15) is 5.10 Å². The van der Waals surface area contributed by atoms with Crippen molar-refractivity contribution in [1.29, 1.82) is 0 Å². The topological polar surface area (TPSA) is 29.9 Å². The molecule has 0 aliphatic carbocycles. The Morgan fingerprint density at radius 3 is 2.61 bits per heavy atom. The maximum absolute atomic E-state index is 4.29. The van der Waals surface area contributed by atoms with Crippen molar-refractivity contribution in [3.63, 3.8) is 0 Å². The van der Waals surface area contributed by atoms with Gasteiger partial charge in [-0.1, -0.05) is 0 Å². The molecule has 18 heavy (non-hydrogen) atoms. The minimum absolute atomic E-state index is 0.294. The summed E-state index contributed by atoms with van der Waals surface area (Å²) in [4.78, 5) is 1.34. The predicted octanol–water partition coefficient (Wildman–Crippen LogP) is 3.96. The molecule has 1 N–H and O–H groups in total. The van der Waals surface area contributed by atoms with Gasteiger partial charge in [0.05, 0.1) is 6.20 Å². The molecule has 3 nitrogen and oxygen atoms in total. The number of aryl methyl sites for hydroxylation is 1. The molecular weight excluding hydrogens is 310 g/mol. The lowest BCUT2D eigenvalue weighted by atomic mass is 10.1. The highest BCUT2D eigenvalue weighted by Gasteiger charge is 2.17. The third kappa shape index (κ3) is 2.68. The Balaban J connectivity index is 2.10. The van der Waals surface area contributed by atoms with Crippen LogP contribution in [0, 0.1) is 6.92 Å². The molecule has 98 valence electrons. The fourth-order valence-corrected chi connectivity index (χ4v) is 3.83. The van der Waals surface area contributed by atoms with Crippen LogP contribution >= 0.6 is 27.3 Å². The average molecular weight is 328 g/mol. The van der Waals surface area contributed by atoms with E-state index >= 15 is 0 Å². The first-order valence-electron chi connectivity index (χ1n) is 5.98. The highest BCUT2D eigenvalue weighted by molar-refractivity contribution is 9.10. The molecule has 2 aromatic rings. The third-order valence-electron chi connectivity index (χ3n) is 3.28. The normalized spacial score (nSPS) is 14.7. The van der Waals surface area contributed by atoms with Gasteiger partial charge in [0.15, 0.2) is 0 Å².